The van der Waals surface area contributed by atoms with E-state index in [1.165, 1.54) is 7.11 Å². The molecule has 0 aliphatic carbocycles. The van der Waals surface area contributed by atoms with Crippen LogP contribution in [0, 0.1) is 0 Å². The fraction of sp³-hybridized carbons (Fsp3) is 0.364. The van der Waals surface area contributed by atoms with E-state index in [1.807, 2.05) is 0 Å². The fourth-order valence-electron chi connectivity index (χ4n) is 3.68. The number of ether oxygens (including phenoxy) is 3. The van der Waals surface area contributed by atoms with E-state index in [0.29, 0.717) is 63.6 Å². The highest BCUT2D eigenvalue weighted by Gasteiger charge is 2.20. The topological polar surface area (TPSA) is 65.8 Å². The molecule has 0 bridgehead atoms. The molecule has 0 radical (unpaired) electrons. The maximum atomic E-state index is 13.6. The average Bonchev–Trinajstić information content (AvgIpc) is 2.78. The van der Waals surface area contributed by atoms with Gasteiger partial charge in [0.1, 0.15) is 5.82 Å². The van der Waals surface area contributed by atoms with Gasteiger partial charge >= 0.3 is 0 Å². The Labute approximate surface area is 190 Å². The molecule has 31 heavy (non-hydrogen) atoms. The molecular weight excluding hydrogens is 441 g/mol. The van der Waals surface area contributed by atoms with Crippen molar-refractivity contribution in [3.05, 3.63) is 62.1 Å². The van der Waals surface area contributed by atoms with Crippen molar-refractivity contribution in [1.29, 1.82) is 0 Å². The van der Waals surface area contributed by atoms with Gasteiger partial charge in [-0.2, -0.15) is 0 Å². The van der Waals surface area contributed by atoms with Crippen LogP contribution in [0.5, 0.6) is 11.5 Å². The zero-order chi connectivity index (χ0) is 22.0. The lowest BCUT2D eigenvalue weighted by Crippen LogP contribution is -2.38. The molecule has 2 aromatic carbocycles. The molecule has 9 heteroatoms. The van der Waals surface area contributed by atoms with Gasteiger partial charge in [0.25, 0.3) is 5.56 Å². The average molecular weight is 464 g/mol. The molecule has 2 heterocycles. The normalized spacial score (nSPS) is 14.7. The van der Waals surface area contributed by atoms with Crippen LogP contribution in [-0.4, -0.2) is 55.0 Å². The Kier molecular flexibility index (Phi) is 6.67. The fourth-order valence-corrected chi connectivity index (χ4v) is 4.20. The van der Waals surface area contributed by atoms with Crippen LogP contribution in [0.2, 0.25) is 10.0 Å². The van der Waals surface area contributed by atoms with Crippen LogP contribution in [0.3, 0.4) is 0 Å². The van der Waals surface area contributed by atoms with E-state index in [2.05, 4.69) is 4.90 Å². The molecule has 0 saturated carbocycles. The number of nitrogens with zero attached hydrogens (tertiary/aromatic N) is 3. The van der Waals surface area contributed by atoms with Crippen LogP contribution in [0.1, 0.15) is 11.4 Å². The lowest BCUT2D eigenvalue weighted by atomic mass is 10.2. The van der Waals surface area contributed by atoms with Crippen LogP contribution in [0.25, 0.3) is 10.9 Å². The molecule has 164 valence electrons. The van der Waals surface area contributed by atoms with Crippen LogP contribution < -0.4 is 15.0 Å². The van der Waals surface area contributed by atoms with Gasteiger partial charge in [-0.25, -0.2) is 4.98 Å². The predicted molar refractivity (Wildman–Crippen MR) is 121 cm³/mol. The maximum Gasteiger partial charge on any atom is 0.261 e. The molecule has 1 aliphatic heterocycles. The number of benzene rings is 2. The summed E-state index contributed by atoms with van der Waals surface area (Å²) in [5.41, 5.74) is 1.04. The number of hydrogen-bond donors (Lipinski definition) is 0. The first-order valence-corrected chi connectivity index (χ1v) is 10.7. The zero-order valence-corrected chi connectivity index (χ0v) is 18.9. The first-order valence-electron chi connectivity index (χ1n) is 9.90. The van der Waals surface area contributed by atoms with Crippen molar-refractivity contribution >= 4 is 34.1 Å². The highest BCUT2D eigenvalue weighted by atomic mass is 35.5. The summed E-state index contributed by atoms with van der Waals surface area (Å²) in [7, 11) is 3.09. The first-order chi connectivity index (χ1) is 15.0. The van der Waals surface area contributed by atoms with Gasteiger partial charge in [0.15, 0.2) is 11.5 Å². The summed E-state index contributed by atoms with van der Waals surface area (Å²) in [5, 5.41) is 1.44. The number of morpholine rings is 1. The van der Waals surface area contributed by atoms with Gasteiger partial charge in [-0.1, -0.05) is 29.3 Å². The zero-order valence-electron chi connectivity index (χ0n) is 17.4. The molecule has 3 aromatic rings. The molecule has 4 rings (SSSR count). The number of methoxy groups -OCH3 is 2. The number of rotatable bonds is 6. The second-order valence-electron chi connectivity index (χ2n) is 7.23. The third-order valence-electron chi connectivity index (χ3n) is 5.39. The molecule has 0 atom stereocenters. The number of aromatic nitrogens is 2. The molecular formula is C22H23Cl2N3O4. The lowest BCUT2D eigenvalue weighted by molar-refractivity contribution is 0.0325. The van der Waals surface area contributed by atoms with Crippen molar-refractivity contribution in [3.8, 4) is 11.5 Å². The number of fused-ring (bicyclic) bond motifs is 1. The summed E-state index contributed by atoms with van der Waals surface area (Å²) < 4.78 is 17.9. The Balaban J connectivity index is 1.88. The second-order valence-corrected chi connectivity index (χ2v) is 8.05. The van der Waals surface area contributed by atoms with E-state index < -0.39 is 0 Å². The standard InChI is InChI=1S/C22H23Cl2N3O4/c1-29-19-10-14-18(11-20(19)30-2)25-21(13-26-6-8-31-9-7-26)27(22(14)28)12-15-16(23)4-3-5-17(15)24/h3-5,10-11H,6-9,12-13H2,1-2H3. The minimum Gasteiger partial charge on any atom is -0.493 e. The van der Waals surface area contributed by atoms with Crippen molar-refractivity contribution in [2.75, 3.05) is 40.5 Å². The van der Waals surface area contributed by atoms with Gasteiger partial charge in [0.2, 0.25) is 0 Å². The van der Waals surface area contributed by atoms with E-state index in [0.717, 1.165) is 13.1 Å². The molecule has 0 N–H and O–H groups in total. The summed E-state index contributed by atoms with van der Waals surface area (Å²) in [4.78, 5) is 20.6. The Morgan fingerprint density at radius 1 is 1.03 bits per heavy atom. The van der Waals surface area contributed by atoms with Gasteiger partial charge in [-0.05, 0) is 18.2 Å². The van der Waals surface area contributed by atoms with E-state index in [4.69, 9.17) is 42.4 Å². The monoisotopic (exact) mass is 463 g/mol. The summed E-state index contributed by atoms with van der Waals surface area (Å²) in [6.07, 6.45) is 0. The van der Waals surface area contributed by atoms with E-state index in [1.54, 1.807) is 42.0 Å². The molecule has 0 spiro atoms. The van der Waals surface area contributed by atoms with Crippen molar-refractivity contribution in [1.82, 2.24) is 14.5 Å². The molecule has 1 aliphatic rings. The SMILES string of the molecule is COc1cc2nc(CN3CCOCC3)n(Cc3c(Cl)cccc3Cl)c(=O)c2cc1OC. The minimum atomic E-state index is -0.190. The molecule has 0 unspecified atom stereocenters. The minimum absolute atomic E-state index is 0.190. The van der Waals surface area contributed by atoms with Crippen molar-refractivity contribution in [2.45, 2.75) is 13.1 Å². The van der Waals surface area contributed by atoms with Crippen LogP contribution >= 0.6 is 23.2 Å². The van der Waals surface area contributed by atoms with E-state index in [9.17, 15) is 4.79 Å². The maximum absolute atomic E-state index is 13.6. The van der Waals surface area contributed by atoms with Crippen molar-refractivity contribution in [2.24, 2.45) is 0 Å². The van der Waals surface area contributed by atoms with Gasteiger partial charge < -0.3 is 14.2 Å². The lowest BCUT2D eigenvalue weighted by Gasteiger charge is -2.27. The molecule has 1 fully saturated rings. The van der Waals surface area contributed by atoms with E-state index in [-0.39, 0.29) is 12.1 Å². The Hall–Kier alpha value is -2.32. The van der Waals surface area contributed by atoms with Gasteiger partial charge in [-0.15, -0.1) is 0 Å². The molecule has 0 amide bonds. The smallest absolute Gasteiger partial charge is 0.261 e. The molecule has 1 aromatic heterocycles. The summed E-state index contributed by atoms with van der Waals surface area (Å²) in [6.45, 7) is 3.57. The predicted octanol–water partition coefficient (Wildman–Crippen LogP) is 3.60. The Morgan fingerprint density at radius 2 is 1.68 bits per heavy atom. The quantitative estimate of drug-likeness (QED) is 0.556. The molecule has 7 nitrogen and oxygen atoms in total. The number of halogens is 2. The van der Waals surface area contributed by atoms with Crippen LogP contribution in [-0.2, 0) is 17.8 Å². The second kappa shape index (κ2) is 9.44. The largest absolute Gasteiger partial charge is 0.493 e. The van der Waals surface area contributed by atoms with Crippen molar-refractivity contribution in [3.63, 3.8) is 0 Å². The van der Waals surface area contributed by atoms with E-state index >= 15 is 0 Å². The van der Waals surface area contributed by atoms with Gasteiger partial charge in [-0.3, -0.25) is 14.3 Å². The highest BCUT2D eigenvalue weighted by Crippen LogP contribution is 2.31. The first kappa shape index (κ1) is 21.9. The Morgan fingerprint density at radius 3 is 2.32 bits per heavy atom. The summed E-state index contributed by atoms with van der Waals surface area (Å²) >= 11 is 12.8. The third kappa shape index (κ3) is 4.50. The summed E-state index contributed by atoms with van der Waals surface area (Å²) in [5.74, 6) is 1.62. The van der Waals surface area contributed by atoms with Crippen molar-refractivity contribution < 1.29 is 14.2 Å². The van der Waals surface area contributed by atoms with Gasteiger partial charge in [0, 0.05) is 34.8 Å². The third-order valence-corrected chi connectivity index (χ3v) is 6.09. The van der Waals surface area contributed by atoms with Crippen LogP contribution in [0.15, 0.2) is 35.1 Å². The number of hydrogen-bond acceptors (Lipinski definition) is 6. The Bertz CT molecular complexity index is 1140. The summed E-state index contributed by atoms with van der Waals surface area (Å²) in [6, 6.07) is 8.69. The molecule has 1 saturated heterocycles. The van der Waals surface area contributed by atoms with Gasteiger partial charge in [0.05, 0.1) is 51.4 Å². The highest BCUT2D eigenvalue weighted by molar-refractivity contribution is 6.35. The van der Waals surface area contributed by atoms with Crippen LogP contribution in [0.4, 0.5) is 0 Å².